The SMILES string of the molecule is COc1ccc(C(=O)CN2C(=O)N[C@@](C)(c3ccc([N+](=O)[O-])cc3)C2=O)c(OC)c1. The lowest BCUT2D eigenvalue weighted by atomic mass is 9.92. The molecule has 3 amide bonds. The van der Waals surface area contributed by atoms with Crippen LogP contribution in [0.15, 0.2) is 42.5 Å². The molecule has 0 aliphatic carbocycles. The van der Waals surface area contributed by atoms with Gasteiger partial charge in [0.15, 0.2) is 5.78 Å². The fourth-order valence-corrected chi connectivity index (χ4v) is 3.21. The maximum Gasteiger partial charge on any atom is 0.325 e. The molecule has 2 aromatic rings. The standard InChI is InChI=1S/C20H19N3O7/c1-20(12-4-6-13(7-5-12)23(27)28)18(25)22(19(26)21-20)11-16(24)15-9-8-14(29-2)10-17(15)30-3/h4-10H,11H2,1-3H3,(H,21,26)/t20-/m0/s1. The van der Waals surface area contributed by atoms with Crippen molar-refractivity contribution in [2.45, 2.75) is 12.5 Å². The number of ketones is 1. The number of ether oxygens (including phenoxy) is 2. The highest BCUT2D eigenvalue weighted by Gasteiger charge is 2.49. The van der Waals surface area contributed by atoms with Gasteiger partial charge in [0.05, 0.1) is 31.3 Å². The molecule has 10 heteroatoms. The van der Waals surface area contributed by atoms with Gasteiger partial charge in [0.25, 0.3) is 11.6 Å². The molecule has 30 heavy (non-hydrogen) atoms. The Hall–Kier alpha value is -3.95. The van der Waals surface area contributed by atoms with Gasteiger partial charge in [0.1, 0.15) is 17.0 Å². The maximum absolute atomic E-state index is 13.0. The molecular formula is C20H19N3O7. The zero-order chi connectivity index (χ0) is 22.1. The number of urea groups is 1. The second-order valence-electron chi connectivity index (χ2n) is 6.74. The maximum atomic E-state index is 13.0. The van der Waals surface area contributed by atoms with Crippen molar-refractivity contribution in [2.24, 2.45) is 0 Å². The van der Waals surface area contributed by atoms with Crippen LogP contribution < -0.4 is 14.8 Å². The number of nitro groups is 1. The van der Waals surface area contributed by atoms with Crippen LogP contribution in [0, 0.1) is 10.1 Å². The molecule has 0 unspecified atom stereocenters. The van der Waals surface area contributed by atoms with Crippen molar-refractivity contribution in [1.82, 2.24) is 10.2 Å². The molecule has 10 nitrogen and oxygen atoms in total. The number of rotatable bonds is 7. The van der Waals surface area contributed by atoms with Crippen LogP contribution in [-0.4, -0.2) is 48.3 Å². The molecule has 0 bridgehead atoms. The van der Waals surface area contributed by atoms with Gasteiger partial charge in [-0.1, -0.05) is 0 Å². The molecule has 1 saturated heterocycles. The predicted molar refractivity (Wildman–Crippen MR) is 105 cm³/mol. The fourth-order valence-electron chi connectivity index (χ4n) is 3.21. The topological polar surface area (TPSA) is 128 Å². The second-order valence-corrected chi connectivity index (χ2v) is 6.74. The molecule has 1 fully saturated rings. The van der Waals surface area contributed by atoms with Gasteiger partial charge in [-0.2, -0.15) is 0 Å². The van der Waals surface area contributed by atoms with Crippen LogP contribution in [0.2, 0.25) is 0 Å². The molecule has 0 aromatic heterocycles. The first kappa shape index (κ1) is 20.8. The summed E-state index contributed by atoms with van der Waals surface area (Å²) in [6.45, 7) is 0.989. The van der Waals surface area contributed by atoms with Crippen LogP contribution in [0.1, 0.15) is 22.8 Å². The third kappa shape index (κ3) is 3.54. The van der Waals surface area contributed by atoms with Crippen molar-refractivity contribution in [1.29, 1.82) is 0 Å². The van der Waals surface area contributed by atoms with E-state index >= 15 is 0 Å². The molecule has 1 N–H and O–H groups in total. The third-order valence-electron chi connectivity index (χ3n) is 4.94. The lowest BCUT2D eigenvalue weighted by Gasteiger charge is -2.22. The average Bonchev–Trinajstić information content (AvgIpc) is 2.97. The fraction of sp³-hybridized carbons (Fsp3) is 0.250. The van der Waals surface area contributed by atoms with E-state index in [9.17, 15) is 24.5 Å². The minimum Gasteiger partial charge on any atom is -0.497 e. The van der Waals surface area contributed by atoms with E-state index in [1.54, 1.807) is 6.07 Å². The first-order valence-corrected chi connectivity index (χ1v) is 8.85. The summed E-state index contributed by atoms with van der Waals surface area (Å²) in [5.41, 5.74) is -1.03. The van der Waals surface area contributed by atoms with E-state index in [1.807, 2.05) is 0 Å². The van der Waals surface area contributed by atoms with Crippen LogP contribution >= 0.6 is 0 Å². The molecule has 1 aliphatic heterocycles. The Labute approximate surface area is 171 Å². The summed E-state index contributed by atoms with van der Waals surface area (Å²) in [5, 5.41) is 13.4. The molecule has 0 saturated carbocycles. The molecule has 1 aliphatic rings. The lowest BCUT2D eigenvalue weighted by molar-refractivity contribution is -0.384. The molecule has 2 aromatic carbocycles. The quantitative estimate of drug-likeness (QED) is 0.319. The largest absolute Gasteiger partial charge is 0.497 e. The number of Topliss-reactive ketones (excluding diaryl/α,β-unsaturated/α-hetero) is 1. The van der Waals surface area contributed by atoms with Gasteiger partial charge in [-0.25, -0.2) is 4.79 Å². The Bertz CT molecular complexity index is 1040. The van der Waals surface area contributed by atoms with Gasteiger partial charge >= 0.3 is 6.03 Å². The van der Waals surface area contributed by atoms with E-state index in [1.165, 1.54) is 57.5 Å². The second kappa shape index (κ2) is 7.82. The van der Waals surface area contributed by atoms with Gasteiger partial charge in [0, 0.05) is 18.2 Å². The third-order valence-corrected chi connectivity index (χ3v) is 4.94. The van der Waals surface area contributed by atoms with Crippen LogP contribution in [0.4, 0.5) is 10.5 Å². The van der Waals surface area contributed by atoms with Crippen LogP contribution in [0.3, 0.4) is 0 Å². The highest BCUT2D eigenvalue weighted by molar-refractivity contribution is 6.11. The number of non-ortho nitro benzene ring substituents is 1. The van der Waals surface area contributed by atoms with Gasteiger partial charge in [-0.05, 0) is 36.8 Å². The highest BCUT2D eigenvalue weighted by Crippen LogP contribution is 2.31. The van der Waals surface area contributed by atoms with Crippen molar-refractivity contribution >= 4 is 23.4 Å². The Morgan fingerprint density at radius 2 is 1.80 bits per heavy atom. The first-order valence-electron chi connectivity index (χ1n) is 8.85. The van der Waals surface area contributed by atoms with E-state index in [0.29, 0.717) is 11.3 Å². The van der Waals surface area contributed by atoms with Crippen molar-refractivity contribution in [2.75, 3.05) is 20.8 Å². The monoisotopic (exact) mass is 413 g/mol. The average molecular weight is 413 g/mol. The number of nitrogens with zero attached hydrogens (tertiary/aromatic N) is 2. The minimum absolute atomic E-state index is 0.141. The molecule has 1 atom stereocenters. The predicted octanol–water partition coefficient (Wildman–Crippen LogP) is 2.26. The van der Waals surface area contributed by atoms with Crippen LogP contribution in [-0.2, 0) is 10.3 Å². The van der Waals surface area contributed by atoms with Crippen molar-refractivity contribution in [3.05, 3.63) is 63.7 Å². The van der Waals surface area contributed by atoms with Crippen molar-refractivity contribution in [3.8, 4) is 11.5 Å². The number of hydrogen-bond donors (Lipinski definition) is 1. The zero-order valence-corrected chi connectivity index (χ0v) is 16.5. The van der Waals surface area contributed by atoms with Crippen LogP contribution in [0.25, 0.3) is 0 Å². The first-order chi connectivity index (χ1) is 14.2. The van der Waals surface area contributed by atoms with Crippen LogP contribution in [0.5, 0.6) is 11.5 Å². The number of benzene rings is 2. The molecular weight excluding hydrogens is 394 g/mol. The molecule has 0 spiro atoms. The molecule has 0 radical (unpaired) electrons. The van der Waals surface area contributed by atoms with Gasteiger partial charge in [-0.15, -0.1) is 0 Å². The number of nitro benzene ring substituents is 1. The number of carbonyl (C=O) groups is 3. The number of imide groups is 1. The van der Waals surface area contributed by atoms with Gasteiger partial charge in [0.2, 0.25) is 0 Å². The molecule has 3 rings (SSSR count). The Kier molecular flexibility index (Phi) is 5.41. The van der Waals surface area contributed by atoms with E-state index in [4.69, 9.17) is 9.47 Å². The summed E-state index contributed by atoms with van der Waals surface area (Å²) in [6, 6.07) is 9.15. The minimum atomic E-state index is -1.45. The van der Waals surface area contributed by atoms with E-state index in [-0.39, 0.29) is 17.0 Å². The number of hydrogen-bond acceptors (Lipinski definition) is 7. The number of carbonyl (C=O) groups excluding carboxylic acids is 3. The number of amides is 3. The smallest absolute Gasteiger partial charge is 0.325 e. The summed E-state index contributed by atoms with van der Waals surface area (Å²) in [7, 11) is 2.87. The normalized spacial score (nSPS) is 18.2. The van der Waals surface area contributed by atoms with E-state index in [0.717, 1.165) is 4.90 Å². The Morgan fingerprint density at radius 3 is 2.37 bits per heavy atom. The molecule has 156 valence electrons. The summed E-state index contributed by atoms with van der Waals surface area (Å²) >= 11 is 0. The van der Waals surface area contributed by atoms with E-state index < -0.39 is 34.7 Å². The number of methoxy groups -OCH3 is 2. The van der Waals surface area contributed by atoms with Crippen molar-refractivity contribution in [3.63, 3.8) is 0 Å². The van der Waals surface area contributed by atoms with Gasteiger partial charge < -0.3 is 14.8 Å². The summed E-state index contributed by atoms with van der Waals surface area (Å²) in [5.74, 6) is -0.387. The summed E-state index contributed by atoms with van der Waals surface area (Å²) in [6.07, 6.45) is 0. The number of nitrogens with one attached hydrogen (secondary N) is 1. The van der Waals surface area contributed by atoms with E-state index in [2.05, 4.69) is 5.32 Å². The Morgan fingerprint density at radius 1 is 1.13 bits per heavy atom. The summed E-state index contributed by atoms with van der Waals surface area (Å²) in [4.78, 5) is 49.3. The lowest BCUT2D eigenvalue weighted by Crippen LogP contribution is -2.41. The highest BCUT2D eigenvalue weighted by atomic mass is 16.6. The molecule has 1 heterocycles. The van der Waals surface area contributed by atoms with Gasteiger partial charge in [-0.3, -0.25) is 24.6 Å². The van der Waals surface area contributed by atoms with Crippen molar-refractivity contribution < 1.29 is 28.8 Å². The summed E-state index contributed by atoms with van der Waals surface area (Å²) < 4.78 is 10.3. The Balaban J connectivity index is 1.84. The zero-order valence-electron chi connectivity index (χ0n) is 16.5.